The lowest BCUT2D eigenvalue weighted by molar-refractivity contribution is -0.179. The summed E-state index contributed by atoms with van der Waals surface area (Å²) in [6, 6.07) is 19.9. The summed E-state index contributed by atoms with van der Waals surface area (Å²) in [4.78, 5) is 92.2. The van der Waals surface area contributed by atoms with Crippen molar-refractivity contribution in [2.45, 2.75) is 217 Å². The van der Waals surface area contributed by atoms with E-state index in [1.165, 1.54) is 44.2 Å². The number of cyclic esters (lactones) is 2. The normalized spacial score (nSPS) is 19.2. The van der Waals surface area contributed by atoms with E-state index in [-0.39, 0.29) is 96.0 Å². The Bertz CT molecular complexity index is 3560. The van der Waals surface area contributed by atoms with E-state index in [4.69, 9.17) is 71.5 Å². The summed E-state index contributed by atoms with van der Waals surface area (Å²) >= 11 is 5.91. The van der Waals surface area contributed by atoms with E-state index in [9.17, 15) is 55.2 Å². The third-order valence-corrected chi connectivity index (χ3v) is 23.8. The number of methoxy groups -OCH3 is 1. The number of amides is 1. The molecule has 3 aromatic carbocycles. The minimum absolute atomic E-state index is 0.000694. The maximum absolute atomic E-state index is 12.4. The zero-order valence-electron chi connectivity index (χ0n) is 60.3. The molecule has 6 N–H and O–H groups in total. The van der Waals surface area contributed by atoms with Gasteiger partial charge >= 0.3 is 41.8 Å². The van der Waals surface area contributed by atoms with E-state index >= 15 is 0 Å². The minimum Gasteiger partial charge on any atom is -0.495 e. The molecule has 8 aliphatic rings. The van der Waals surface area contributed by atoms with Crippen molar-refractivity contribution in [2.24, 2.45) is 37.9 Å². The highest BCUT2D eigenvalue weighted by Gasteiger charge is 2.54. The van der Waals surface area contributed by atoms with Crippen LogP contribution in [0.3, 0.4) is 0 Å². The highest BCUT2D eigenvalue weighted by atomic mass is 35.5. The molecule has 104 heavy (non-hydrogen) atoms. The van der Waals surface area contributed by atoms with Crippen molar-refractivity contribution in [2.75, 3.05) is 58.6 Å². The van der Waals surface area contributed by atoms with Crippen LogP contribution < -0.4 is 10.1 Å². The Morgan fingerprint density at radius 1 is 0.577 bits per heavy atom. The van der Waals surface area contributed by atoms with Gasteiger partial charge in [0.1, 0.15) is 5.75 Å². The number of halogens is 1. The second-order valence-electron chi connectivity index (χ2n) is 29.0. The smallest absolute Gasteiger partial charge is 0.323 e. The maximum Gasteiger partial charge on any atom is 0.323 e. The van der Waals surface area contributed by atoms with Crippen molar-refractivity contribution in [1.29, 1.82) is 5.26 Å². The molecule has 11 rings (SSSR count). The van der Waals surface area contributed by atoms with Gasteiger partial charge in [-0.2, -0.15) is 22.1 Å². The number of carboxylic acids is 3. The van der Waals surface area contributed by atoms with E-state index in [0.717, 1.165) is 107 Å². The Kier molecular flexibility index (Phi) is 33.2. The SMILES string of the molecule is CCOC(=O)C1(C(=O)OCC)CCC1.COc1ccc(Cl)cc1NC(=O)CC1(CC(=O)O)CCC1.Cc1ccc(S(=O)(=O)OCC2(COS(=O)(=O)c3ccc(C)cc3)CCC2)cc1.O=C(O)CC1(CC(=O)O)CCC1.O=C1CC2(CCC2)CC(=O)O1.OCC1(CO)CCC1.[C-]#[N+]CC1(CC#N)CCC1. The Labute approximate surface area is 615 Å². The van der Waals surface area contributed by atoms with Crippen LogP contribution in [0.5, 0.6) is 5.75 Å². The van der Waals surface area contributed by atoms with Crippen molar-refractivity contribution in [1.82, 2.24) is 0 Å². The average molecular weight is 1510 g/mol. The van der Waals surface area contributed by atoms with Gasteiger partial charge in [-0.3, -0.25) is 46.7 Å². The number of nitriles is 1. The molecule has 8 fully saturated rings. The number of aliphatic hydroxyl groups excluding tert-OH is 2. The Balaban J connectivity index is 0.000000228. The van der Waals surface area contributed by atoms with E-state index < -0.39 is 71.7 Å². The lowest BCUT2D eigenvalue weighted by atomic mass is 9.64. The third kappa shape index (κ3) is 25.6. The average Bonchev–Trinajstić information content (AvgIpc) is 0.776. The van der Waals surface area contributed by atoms with E-state index in [1.54, 1.807) is 56.3 Å². The summed E-state index contributed by atoms with van der Waals surface area (Å²) in [6.45, 7) is 15.2. The molecule has 0 radical (unpaired) electrons. The quantitative estimate of drug-likeness (QED) is 0.0143. The topological polar surface area (TPSA) is 402 Å². The van der Waals surface area contributed by atoms with Crippen molar-refractivity contribution in [3.63, 3.8) is 0 Å². The molecular formula is C75H102ClN3O23S2. The fourth-order valence-electron chi connectivity index (χ4n) is 13.3. The van der Waals surface area contributed by atoms with Gasteiger partial charge in [-0.05, 0) is 183 Å². The van der Waals surface area contributed by atoms with Crippen LogP contribution in [0.4, 0.5) is 5.69 Å². The van der Waals surface area contributed by atoms with Gasteiger partial charge in [0.05, 0.1) is 106 Å². The van der Waals surface area contributed by atoms with Crippen LogP contribution in [0, 0.1) is 69.7 Å². The van der Waals surface area contributed by atoms with Gasteiger partial charge in [0.2, 0.25) is 12.5 Å². The first kappa shape index (κ1) is 87.1. The number of aryl methyl sites for hydroxylation is 2. The summed E-state index contributed by atoms with van der Waals surface area (Å²) in [6.07, 6.45) is 20.6. The number of carbonyl (C=O) groups is 8. The molecule has 0 unspecified atom stereocenters. The Morgan fingerprint density at radius 2 is 0.962 bits per heavy atom. The molecule has 1 aliphatic heterocycles. The van der Waals surface area contributed by atoms with E-state index in [2.05, 4.69) is 21.0 Å². The molecule has 1 heterocycles. The largest absolute Gasteiger partial charge is 0.495 e. The molecule has 26 nitrogen and oxygen atoms in total. The fraction of sp³-hybridized carbons (Fsp3) is 0.627. The number of ether oxygens (including phenoxy) is 4. The molecule has 1 spiro atoms. The standard InChI is InChI=1S/C20H24O6S2.C15H18ClNO4.C10H16O4.C8H10N2.C8H12O4.C8H10O3.C6H12O2/c1-16-4-8-18(9-5-16)27(21,22)25-14-20(12-3-13-20)15-26-28(23,24)19-10-6-17(2)7-11-19;1-21-12-4-3-10(16)7-11(12)17-13(18)8-15(5-2-6-15)9-14(19)20;1-3-13-8(11)10(6-5-7-10)9(12)14-4-2;1-10-7-8(5-6-9)3-2-4-8;9-6(10)4-8(2-1-3-8)5-7(11)12;9-6-4-8(2-1-3-8)5-7(10)11-6;7-4-6(5-8)2-1-3-6/h4-11H,3,12-15H2,1-2H3;3-4,7H,2,5-6,8-9H2,1H3,(H,17,18)(H,19,20);3-7H2,1-2H3;2-5,7H2;1-5H2,(H,9,10)(H,11,12);1-5H2;7-8H,1-5H2. The van der Waals surface area contributed by atoms with Crippen molar-refractivity contribution >= 4 is 85.2 Å². The second-order valence-corrected chi connectivity index (χ2v) is 32.7. The highest BCUT2D eigenvalue weighted by Crippen LogP contribution is 2.51. The number of benzene rings is 3. The van der Waals surface area contributed by atoms with Gasteiger partial charge in [-0.15, -0.1) is 0 Å². The number of aliphatic hydroxyl groups is 2. The van der Waals surface area contributed by atoms with Crippen LogP contribution in [-0.2, 0) is 81.2 Å². The first-order chi connectivity index (χ1) is 49.1. The van der Waals surface area contributed by atoms with Crippen LogP contribution in [-0.4, -0.2) is 143 Å². The number of hydrogen-bond acceptors (Lipinski definition) is 21. The monoisotopic (exact) mass is 1510 g/mol. The van der Waals surface area contributed by atoms with Gasteiger partial charge in [0.25, 0.3) is 20.2 Å². The highest BCUT2D eigenvalue weighted by molar-refractivity contribution is 7.87. The van der Waals surface area contributed by atoms with Gasteiger partial charge in [-0.25, -0.2) is 6.57 Å². The molecule has 7 aliphatic carbocycles. The van der Waals surface area contributed by atoms with Crippen LogP contribution in [0.15, 0.2) is 76.5 Å². The summed E-state index contributed by atoms with van der Waals surface area (Å²) in [5.74, 6) is -3.85. The summed E-state index contributed by atoms with van der Waals surface area (Å²) in [5.41, 5.74) is 0.0113. The number of hydrogen-bond donors (Lipinski definition) is 6. The number of anilines is 1. The van der Waals surface area contributed by atoms with Gasteiger partial charge in [0, 0.05) is 28.7 Å². The lowest BCUT2D eigenvalue weighted by Crippen LogP contribution is -2.47. The third-order valence-electron chi connectivity index (χ3n) is 21.0. The van der Waals surface area contributed by atoms with Crippen molar-refractivity contribution < 1.29 is 108 Å². The molecule has 1 amide bonds. The number of nitrogens with zero attached hydrogens (tertiary/aromatic N) is 2. The van der Waals surface area contributed by atoms with Crippen LogP contribution in [0.25, 0.3) is 4.85 Å². The number of rotatable bonds is 26. The molecular weight excluding hydrogens is 1410 g/mol. The van der Waals surface area contributed by atoms with E-state index in [0.29, 0.717) is 81.2 Å². The van der Waals surface area contributed by atoms with Gasteiger partial charge in [-0.1, -0.05) is 85.5 Å². The fourth-order valence-corrected chi connectivity index (χ4v) is 15.5. The minimum atomic E-state index is -3.90. The molecule has 29 heteroatoms. The molecule has 0 aromatic heterocycles. The number of carboxylic acid groups (broad SMARTS) is 3. The molecule has 0 atom stereocenters. The van der Waals surface area contributed by atoms with Gasteiger partial charge in [0.15, 0.2) is 5.41 Å². The van der Waals surface area contributed by atoms with Crippen LogP contribution in [0.2, 0.25) is 5.02 Å². The predicted octanol–water partition coefficient (Wildman–Crippen LogP) is 12.4. The number of aliphatic carboxylic acids is 3. The predicted molar refractivity (Wildman–Crippen MR) is 380 cm³/mol. The Hall–Kier alpha value is -7.57. The summed E-state index contributed by atoms with van der Waals surface area (Å²) in [7, 11) is -6.29. The number of esters is 4. The molecule has 7 saturated carbocycles. The lowest BCUT2D eigenvalue weighted by Gasteiger charge is -2.42. The van der Waals surface area contributed by atoms with E-state index in [1.807, 2.05) is 13.8 Å². The van der Waals surface area contributed by atoms with Crippen molar-refractivity contribution in [3.05, 3.63) is 94.3 Å². The summed E-state index contributed by atoms with van der Waals surface area (Å²) < 4.78 is 79.5. The maximum atomic E-state index is 12.4. The number of carbonyl (C=O) groups excluding carboxylic acids is 5. The second kappa shape index (κ2) is 39.7. The molecule has 3 aromatic rings. The van der Waals surface area contributed by atoms with Crippen LogP contribution >= 0.6 is 11.6 Å². The number of nitrogens with one attached hydrogen (secondary N) is 1. The zero-order valence-corrected chi connectivity index (χ0v) is 62.7. The Morgan fingerprint density at radius 3 is 1.25 bits per heavy atom. The summed E-state index contributed by atoms with van der Waals surface area (Å²) in [5, 5.41) is 55.1. The molecule has 0 bridgehead atoms. The van der Waals surface area contributed by atoms with Crippen LogP contribution in [0.1, 0.15) is 205 Å². The first-order valence-corrected chi connectivity index (χ1v) is 38.5. The van der Waals surface area contributed by atoms with Gasteiger partial charge < -0.3 is 54.6 Å². The zero-order chi connectivity index (χ0) is 77.1. The molecule has 574 valence electrons. The molecule has 1 saturated heterocycles. The van der Waals surface area contributed by atoms with Crippen molar-refractivity contribution in [3.8, 4) is 11.8 Å². The first-order valence-electron chi connectivity index (χ1n) is 35.3.